The first kappa shape index (κ1) is 10.5. The molecule has 1 N–H and O–H groups in total. The highest BCUT2D eigenvalue weighted by Crippen LogP contribution is 2.37. The molecule has 0 saturated carbocycles. The van der Waals surface area contributed by atoms with E-state index in [1.54, 1.807) is 0 Å². The van der Waals surface area contributed by atoms with Crippen LogP contribution >= 0.6 is 11.3 Å². The Morgan fingerprint density at radius 3 is 2.35 bits per heavy atom. The van der Waals surface area contributed by atoms with Gasteiger partial charge in [-0.15, -0.1) is 11.3 Å². The maximum atomic E-state index is 3.53. The number of hydrogen-bond donors (Lipinski definition) is 1. The average Bonchev–Trinajstić information content (AvgIpc) is 3.02. The number of aromatic nitrogens is 1. The van der Waals surface area contributed by atoms with Gasteiger partial charge in [-0.05, 0) is 24.3 Å². The molecule has 2 heteroatoms. The van der Waals surface area contributed by atoms with Crippen molar-refractivity contribution in [1.82, 2.24) is 4.98 Å². The van der Waals surface area contributed by atoms with Crippen molar-refractivity contribution < 1.29 is 0 Å². The van der Waals surface area contributed by atoms with E-state index >= 15 is 0 Å². The van der Waals surface area contributed by atoms with Crippen LogP contribution in [-0.2, 0) is 0 Å². The lowest BCUT2D eigenvalue weighted by molar-refractivity contribution is 1.56. The summed E-state index contributed by atoms with van der Waals surface area (Å²) in [6.07, 6.45) is 0. The fourth-order valence-corrected chi connectivity index (χ4v) is 4.20. The molecule has 5 rings (SSSR count). The summed E-state index contributed by atoms with van der Waals surface area (Å²) in [4.78, 5) is 3.53. The van der Waals surface area contributed by atoms with Gasteiger partial charge in [0, 0.05) is 42.0 Å². The van der Waals surface area contributed by atoms with Gasteiger partial charge in [0.05, 0.1) is 0 Å². The maximum Gasteiger partial charge on any atom is 0.0472 e. The van der Waals surface area contributed by atoms with Gasteiger partial charge in [-0.2, -0.15) is 0 Å². The number of H-pyrrole nitrogens is 1. The lowest BCUT2D eigenvalue weighted by Gasteiger charge is -1.93. The van der Waals surface area contributed by atoms with Crippen molar-refractivity contribution in [1.29, 1.82) is 0 Å². The van der Waals surface area contributed by atoms with E-state index in [1.807, 2.05) is 11.3 Å². The molecule has 0 atom stereocenters. The Morgan fingerprint density at radius 1 is 0.600 bits per heavy atom. The molecule has 20 heavy (non-hydrogen) atoms. The van der Waals surface area contributed by atoms with Gasteiger partial charge < -0.3 is 4.98 Å². The molecule has 0 bridgehead atoms. The first-order chi connectivity index (χ1) is 9.90. The molecule has 2 heterocycles. The molecule has 0 radical (unpaired) electrons. The highest BCUT2D eigenvalue weighted by atomic mass is 32.1. The van der Waals surface area contributed by atoms with E-state index in [4.69, 9.17) is 0 Å². The number of fused-ring (bicyclic) bond motifs is 6. The first-order valence-electron chi connectivity index (χ1n) is 6.72. The highest BCUT2D eigenvalue weighted by molar-refractivity contribution is 7.25. The van der Waals surface area contributed by atoms with Crippen LogP contribution in [0.15, 0.2) is 60.7 Å². The third kappa shape index (κ3) is 1.27. The van der Waals surface area contributed by atoms with Crippen molar-refractivity contribution >= 4 is 53.3 Å². The molecule has 1 nitrogen and oxygen atoms in total. The largest absolute Gasteiger partial charge is 0.354 e. The Morgan fingerprint density at radius 2 is 1.40 bits per heavy atom. The van der Waals surface area contributed by atoms with E-state index in [1.165, 1.54) is 42.0 Å². The van der Waals surface area contributed by atoms with Crippen LogP contribution in [0, 0.1) is 0 Å². The number of nitrogens with one attached hydrogen (secondary N) is 1. The number of para-hydroxylation sites is 1. The van der Waals surface area contributed by atoms with Crippen LogP contribution in [0.25, 0.3) is 42.0 Å². The Kier molecular flexibility index (Phi) is 1.89. The van der Waals surface area contributed by atoms with Gasteiger partial charge in [-0.3, -0.25) is 0 Å². The van der Waals surface area contributed by atoms with Gasteiger partial charge in [0.2, 0.25) is 0 Å². The van der Waals surface area contributed by atoms with Crippen molar-refractivity contribution in [2.45, 2.75) is 0 Å². The molecule has 94 valence electrons. The number of aromatic amines is 1. The summed E-state index contributed by atoms with van der Waals surface area (Å²) in [5.41, 5.74) is 2.44. The van der Waals surface area contributed by atoms with Crippen molar-refractivity contribution in [2.75, 3.05) is 0 Å². The molecule has 0 saturated heterocycles. The molecule has 0 aliphatic rings. The molecule has 0 aliphatic carbocycles. The summed E-state index contributed by atoms with van der Waals surface area (Å²) in [7, 11) is 0. The maximum absolute atomic E-state index is 3.53. The van der Waals surface area contributed by atoms with Crippen LogP contribution in [-0.4, -0.2) is 4.98 Å². The molecule has 3 aromatic carbocycles. The summed E-state index contributed by atoms with van der Waals surface area (Å²) in [6, 6.07) is 21.8. The average molecular weight is 273 g/mol. The number of benzene rings is 3. The molecule has 0 amide bonds. The van der Waals surface area contributed by atoms with Crippen molar-refractivity contribution in [2.24, 2.45) is 0 Å². The molecule has 0 fully saturated rings. The van der Waals surface area contributed by atoms with Crippen LogP contribution in [0.3, 0.4) is 0 Å². The topological polar surface area (TPSA) is 15.8 Å². The molecule has 5 aromatic rings. The van der Waals surface area contributed by atoms with E-state index < -0.39 is 0 Å². The second-order valence-corrected chi connectivity index (χ2v) is 6.25. The van der Waals surface area contributed by atoms with Gasteiger partial charge in [0.25, 0.3) is 0 Å². The second kappa shape index (κ2) is 3.62. The molecule has 0 aliphatic heterocycles. The van der Waals surface area contributed by atoms with E-state index in [0.717, 1.165) is 0 Å². The predicted octanol–water partition coefficient (Wildman–Crippen LogP) is 5.69. The Balaban J connectivity index is 2.05. The van der Waals surface area contributed by atoms with E-state index in [9.17, 15) is 0 Å². The van der Waals surface area contributed by atoms with Crippen molar-refractivity contribution in [3.63, 3.8) is 0 Å². The Hall–Kier alpha value is -2.32. The van der Waals surface area contributed by atoms with E-state index in [2.05, 4.69) is 65.6 Å². The number of hydrogen-bond acceptors (Lipinski definition) is 1. The fourth-order valence-electron chi connectivity index (χ4n) is 3.07. The molecule has 0 unspecified atom stereocenters. The molecular weight excluding hydrogens is 262 g/mol. The minimum atomic E-state index is 1.21. The van der Waals surface area contributed by atoms with E-state index in [0.29, 0.717) is 0 Å². The standard InChI is InChI=1S/C18H11NS/c1-3-7-15-11(5-1)13-10-18-14(9-16(13)19-15)12-6-2-4-8-17(12)20-18/h1-10,19H. The summed E-state index contributed by atoms with van der Waals surface area (Å²) in [5.74, 6) is 0. The quantitative estimate of drug-likeness (QED) is 0.373. The summed E-state index contributed by atoms with van der Waals surface area (Å²) in [6.45, 7) is 0. The summed E-state index contributed by atoms with van der Waals surface area (Å²) in [5, 5.41) is 5.33. The second-order valence-electron chi connectivity index (χ2n) is 5.16. The monoisotopic (exact) mass is 273 g/mol. The minimum Gasteiger partial charge on any atom is -0.354 e. The van der Waals surface area contributed by atoms with Gasteiger partial charge >= 0.3 is 0 Å². The third-order valence-corrected chi connectivity index (χ3v) is 5.14. The van der Waals surface area contributed by atoms with Gasteiger partial charge in [0.15, 0.2) is 0 Å². The van der Waals surface area contributed by atoms with Gasteiger partial charge in [-0.1, -0.05) is 36.4 Å². The fraction of sp³-hybridized carbons (Fsp3) is 0. The number of thiophene rings is 1. The zero-order valence-corrected chi connectivity index (χ0v) is 11.5. The van der Waals surface area contributed by atoms with E-state index in [-0.39, 0.29) is 0 Å². The Bertz CT molecular complexity index is 1010. The SMILES string of the molecule is c1ccc2c(c1)[nH]c1cc3c(cc12)sc1ccccc13. The van der Waals surface area contributed by atoms with Crippen LogP contribution in [0.5, 0.6) is 0 Å². The van der Waals surface area contributed by atoms with Crippen LogP contribution in [0.1, 0.15) is 0 Å². The van der Waals surface area contributed by atoms with Gasteiger partial charge in [0.1, 0.15) is 0 Å². The highest BCUT2D eigenvalue weighted by Gasteiger charge is 2.09. The number of rotatable bonds is 0. The smallest absolute Gasteiger partial charge is 0.0472 e. The van der Waals surface area contributed by atoms with Crippen LogP contribution < -0.4 is 0 Å². The summed E-state index contributed by atoms with van der Waals surface area (Å²) >= 11 is 1.87. The zero-order chi connectivity index (χ0) is 13.1. The predicted molar refractivity (Wildman–Crippen MR) is 88.7 cm³/mol. The Labute approximate surface area is 119 Å². The molecule has 2 aromatic heterocycles. The first-order valence-corrected chi connectivity index (χ1v) is 7.53. The van der Waals surface area contributed by atoms with Crippen molar-refractivity contribution in [3.8, 4) is 0 Å². The molecule has 0 spiro atoms. The van der Waals surface area contributed by atoms with Gasteiger partial charge in [-0.25, -0.2) is 0 Å². The van der Waals surface area contributed by atoms with Crippen molar-refractivity contribution in [3.05, 3.63) is 60.7 Å². The summed E-state index contributed by atoms with van der Waals surface area (Å²) < 4.78 is 2.72. The van der Waals surface area contributed by atoms with Crippen LogP contribution in [0.2, 0.25) is 0 Å². The third-order valence-electron chi connectivity index (χ3n) is 4.00. The lowest BCUT2D eigenvalue weighted by Crippen LogP contribution is -1.69. The minimum absolute atomic E-state index is 1.21. The zero-order valence-electron chi connectivity index (χ0n) is 10.7. The lowest BCUT2D eigenvalue weighted by atomic mass is 10.1. The van der Waals surface area contributed by atoms with Crippen LogP contribution in [0.4, 0.5) is 0 Å². The molecular formula is C18H11NS. The normalized spacial score (nSPS) is 12.0.